The number of hydrogen-bond donors (Lipinski definition) is 1. The molecule has 21 heavy (non-hydrogen) atoms. The third kappa shape index (κ3) is 2.97. The van der Waals surface area contributed by atoms with Crippen molar-refractivity contribution in [1.82, 2.24) is 9.97 Å². The smallest absolute Gasteiger partial charge is 0.166 e. The third-order valence-electron chi connectivity index (χ3n) is 2.97. The van der Waals surface area contributed by atoms with E-state index in [4.69, 9.17) is 4.42 Å². The minimum atomic E-state index is 0.673. The zero-order valence-electron chi connectivity index (χ0n) is 11.5. The Hall–Kier alpha value is -2.14. The highest BCUT2D eigenvalue weighted by Gasteiger charge is 2.13. The van der Waals surface area contributed by atoms with Crippen molar-refractivity contribution in [3.05, 3.63) is 53.2 Å². The second kappa shape index (κ2) is 6.10. The van der Waals surface area contributed by atoms with Crippen molar-refractivity contribution < 1.29 is 4.42 Å². The van der Waals surface area contributed by atoms with Gasteiger partial charge in [-0.25, -0.2) is 9.97 Å². The number of benzene rings is 1. The van der Waals surface area contributed by atoms with Crippen LogP contribution in [0.4, 0.5) is 5.82 Å². The van der Waals surface area contributed by atoms with Crippen molar-refractivity contribution in [2.75, 3.05) is 11.9 Å². The fourth-order valence-corrected chi connectivity index (χ4v) is 2.43. The molecule has 0 saturated heterocycles. The van der Waals surface area contributed by atoms with Gasteiger partial charge in [0.2, 0.25) is 0 Å². The number of nitrogens with zero attached hydrogens (tertiary/aromatic N) is 2. The molecule has 2 heterocycles. The molecule has 4 nitrogen and oxygen atoms in total. The van der Waals surface area contributed by atoms with Crippen LogP contribution in [0, 0.1) is 0 Å². The number of anilines is 1. The quantitative estimate of drug-likeness (QED) is 0.752. The van der Waals surface area contributed by atoms with E-state index in [0.29, 0.717) is 11.6 Å². The molecule has 2 aromatic heterocycles. The molecule has 0 aliphatic rings. The number of halogens is 1. The lowest BCUT2D eigenvalue weighted by atomic mass is 10.2. The van der Waals surface area contributed by atoms with Gasteiger partial charge >= 0.3 is 0 Å². The number of rotatable bonds is 4. The minimum Gasteiger partial charge on any atom is -0.461 e. The average Bonchev–Trinajstić information content (AvgIpc) is 2.94. The van der Waals surface area contributed by atoms with Gasteiger partial charge < -0.3 is 9.73 Å². The summed E-state index contributed by atoms with van der Waals surface area (Å²) in [6.45, 7) is 2.83. The van der Waals surface area contributed by atoms with Crippen LogP contribution in [0.3, 0.4) is 0 Å². The molecule has 106 valence electrons. The molecule has 0 atom stereocenters. The summed E-state index contributed by atoms with van der Waals surface area (Å²) in [6.07, 6.45) is 1.64. The van der Waals surface area contributed by atoms with Gasteiger partial charge in [0.15, 0.2) is 11.6 Å². The second-order valence-corrected chi connectivity index (χ2v) is 5.31. The predicted octanol–water partition coefficient (Wildman–Crippen LogP) is 4.60. The van der Waals surface area contributed by atoms with Crippen molar-refractivity contribution in [2.24, 2.45) is 0 Å². The van der Waals surface area contributed by atoms with E-state index in [1.165, 1.54) is 0 Å². The molecule has 3 aromatic rings. The summed E-state index contributed by atoms with van der Waals surface area (Å²) in [6, 6.07) is 13.6. The molecule has 0 radical (unpaired) electrons. The van der Waals surface area contributed by atoms with Gasteiger partial charge in [-0.1, -0.05) is 30.3 Å². The van der Waals surface area contributed by atoms with Crippen molar-refractivity contribution in [3.8, 4) is 22.8 Å². The monoisotopic (exact) mass is 343 g/mol. The molecular formula is C16H14BrN3O. The fourth-order valence-electron chi connectivity index (χ4n) is 2.03. The molecule has 0 aliphatic carbocycles. The van der Waals surface area contributed by atoms with Crippen LogP contribution in [0.15, 0.2) is 57.6 Å². The number of hydrogen-bond acceptors (Lipinski definition) is 4. The van der Waals surface area contributed by atoms with E-state index in [2.05, 4.69) is 31.2 Å². The summed E-state index contributed by atoms with van der Waals surface area (Å²) in [7, 11) is 0. The number of aromatic nitrogens is 2. The van der Waals surface area contributed by atoms with E-state index < -0.39 is 0 Å². The summed E-state index contributed by atoms with van der Waals surface area (Å²) in [5, 5.41) is 3.23. The van der Waals surface area contributed by atoms with Crippen molar-refractivity contribution in [3.63, 3.8) is 0 Å². The molecule has 0 aliphatic heterocycles. The Morgan fingerprint density at radius 1 is 1.14 bits per heavy atom. The van der Waals surface area contributed by atoms with Gasteiger partial charge in [-0.15, -0.1) is 0 Å². The van der Waals surface area contributed by atoms with Gasteiger partial charge in [-0.05, 0) is 28.9 Å². The van der Waals surface area contributed by atoms with Crippen LogP contribution in [0.2, 0.25) is 0 Å². The maximum absolute atomic E-state index is 5.51. The van der Waals surface area contributed by atoms with Crippen molar-refractivity contribution in [1.29, 1.82) is 0 Å². The molecule has 0 spiro atoms. The van der Waals surface area contributed by atoms with Gasteiger partial charge in [0.1, 0.15) is 11.5 Å². The molecule has 5 heteroatoms. The van der Waals surface area contributed by atoms with E-state index in [-0.39, 0.29) is 0 Å². The average molecular weight is 344 g/mol. The van der Waals surface area contributed by atoms with Crippen LogP contribution < -0.4 is 5.32 Å². The maximum atomic E-state index is 5.51. The zero-order chi connectivity index (χ0) is 14.7. The van der Waals surface area contributed by atoms with Gasteiger partial charge in [0, 0.05) is 18.2 Å². The van der Waals surface area contributed by atoms with Crippen LogP contribution in [0.25, 0.3) is 22.8 Å². The minimum absolute atomic E-state index is 0.673. The van der Waals surface area contributed by atoms with Crippen LogP contribution in [-0.4, -0.2) is 16.5 Å². The first-order chi connectivity index (χ1) is 10.3. The first-order valence-corrected chi connectivity index (χ1v) is 7.49. The Morgan fingerprint density at radius 3 is 2.62 bits per heavy atom. The molecule has 0 saturated carbocycles. The Morgan fingerprint density at radius 2 is 1.95 bits per heavy atom. The SMILES string of the molecule is CCNc1cc(-c2occc2Br)nc(-c2ccccc2)n1. The predicted molar refractivity (Wildman–Crippen MR) is 87.0 cm³/mol. The van der Waals surface area contributed by atoms with Gasteiger partial charge in [0.05, 0.1) is 10.7 Å². The second-order valence-electron chi connectivity index (χ2n) is 4.46. The molecule has 1 N–H and O–H groups in total. The number of furan rings is 1. The topological polar surface area (TPSA) is 51.0 Å². The maximum Gasteiger partial charge on any atom is 0.166 e. The summed E-state index contributed by atoms with van der Waals surface area (Å²) in [5.74, 6) is 2.16. The molecular weight excluding hydrogens is 330 g/mol. The van der Waals surface area contributed by atoms with E-state index in [1.54, 1.807) is 6.26 Å². The normalized spacial score (nSPS) is 10.6. The third-order valence-corrected chi connectivity index (χ3v) is 3.59. The molecule has 0 amide bonds. The van der Waals surface area contributed by atoms with Crippen LogP contribution >= 0.6 is 15.9 Å². The Kier molecular flexibility index (Phi) is 4.01. The van der Waals surface area contributed by atoms with Crippen molar-refractivity contribution in [2.45, 2.75) is 6.92 Å². The molecule has 0 unspecified atom stereocenters. The van der Waals surface area contributed by atoms with Crippen LogP contribution in [0.5, 0.6) is 0 Å². The first kappa shape index (κ1) is 13.8. The summed E-state index contributed by atoms with van der Waals surface area (Å²) >= 11 is 3.47. The van der Waals surface area contributed by atoms with Crippen molar-refractivity contribution >= 4 is 21.7 Å². The van der Waals surface area contributed by atoms with E-state index in [0.717, 1.165) is 28.1 Å². The van der Waals surface area contributed by atoms with Crippen LogP contribution in [-0.2, 0) is 0 Å². The van der Waals surface area contributed by atoms with Gasteiger partial charge in [0.25, 0.3) is 0 Å². The Balaban J connectivity index is 2.13. The number of nitrogens with one attached hydrogen (secondary N) is 1. The highest BCUT2D eigenvalue weighted by Crippen LogP contribution is 2.30. The van der Waals surface area contributed by atoms with Crippen LogP contribution in [0.1, 0.15) is 6.92 Å². The lowest BCUT2D eigenvalue weighted by Gasteiger charge is -2.08. The summed E-state index contributed by atoms with van der Waals surface area (Å²) in [5.41, 5.74) is 1.72. The zero-order valence-corrected chi connectivity index (χ0v) is 13.1. The van der Waals surface area contributed by atoms with E-state index in [1.807, 2.05) is 49.4 Å². The molecule has 0 bridgehead atoms. The molecule has 3 rings (SSSR count). The summed E-state index contributed by atoms with van der Waals surface area (Å²) < 4.78 is 6.39. The van der Waals surface area contributed by atoms with Gasteiger partial charge in [-0.2, -0.15) is 0 Å². The Labute approximate surface area is 131 Å². The first-order valence-electron chi connectivity index (χ1n) is 6.69. The standard InChI is InChI=1S/C16H14BrN3O/c1-2-18-14-10-13(15-12(17)8-9-21-15)19-16(20-14)11-6-4-3-5-7-11/h3-10H,2H2,1H3,(H,18,19,20). The van der Waals surface area contributed by atoms with Gasteiger partial charge in [-0.3, -0.25) is 0 Å². The van der Waals surface area contributed by atoms with E-state index in [9.17, 15) is 0 Å². The highest BCUT2D eigenvalue weighted by molar-refractivity contribution is 9.10. The highest BCUT2D eigenvalue weighted by atomic mass is 79.9. The van der Waals surface area contributed by atoms with E-state index >= 15 is 0 Å². The Bertz CT molecular complexity index is 740. The largest absolute Gasteiger partial charge is 0.461 e. The molecule has 0 fully saturated rings. The lowest BCUT2D eigenvalue weighted by molar-refractivity contribution is 0.579. The fraction of sp³-hybridized carbons (Fsp3) is 0.125. The summed E-state index contributed by atoms with van der Waals surface area (Å²) in [4.78, 5) is 9.17. The lowest BCUT2D eigenvalue weighted by Crippen LogP contribution is -2.02. The molecule has 1 aromatic carbocycles.